The molecule has 1 aliphatic rings. The third-order valence-corrected chi connectivity index (χ3v) is 3.34. The van der Waals surface area contributed by atoms with Crippen molar-refractivity contribution in [2.24, 2.45) is 7.05 Å². The molecule has 3 heteroatoms. The number of benzene rings is 1. The molecule has 0 aliphatic carbocycles. The third kappa shape index (κ3) is 2.05. The van der Waals surface area contributed by atoms with Crippen LogP contribution >= 0.6 is 0 Å². The van der Waals surface area contributed by atoms with Crippen LogP contribution in [0.5, 0.6) is 0 Å². The van der Waals surface area contributed by atoms with Gasteiger partial charge in [-0.25, -0.2) is 0 Å². The molecule has 3 nitrogen and oxygen atoms in total. The molecular weight excluding hydrogens is 210 g/mol. The molecule has 1 aromatic carbocycles. The molecule has 0 atom stereocenters. The Morgan fingerprint density at radius 1 is 1.41 bits per heavy atom. The molecule has 17 heavy (non-hydrogen) atoms. The summed E-state index contributed by atoms with van der Waals surface area (Å²) in [6.07, 6.45) is 7.46. The molecule has 0 amide bonds. The van der Waals surface area contributed by atoms with E-state index in [9.17, 15) is 0 Å². The van der Waals surface area contributed by atoms with Gasteiger partial charge in [0.05, 0.1) is 6.20 Å². The summed E-state index contributed by atoms with van der Waals surface area (Å²) in [7, 11) is 1.96. The molecule has 2 aromatic rings. The van der Waals surface area contributed by atoms with Crippen molar-refractivity contribution < 1.29 is 0 Å². The van der Waals surface area contributed by atoms with Crippen LogP contribution in [0.2, 0.25) is 0 Å². The van der Waals surface area contributed by atoms with Crippen molar-refractivity contribution >= 4 is 5.69 Å². The zero-order valence-corrected chi connectivity index (χ0v) is 10.1. The van der Waals surface area contributed by atoms with E-state index >= 15 is 0 Å². The number of aromatic nitrogens is 2. The molecule has 1 N–H and O–H groups in total. The standard InChI is InChI=1S/C14H17N3/c1-17-10-11(9-16-17)8-12-4-2-6-14-13(12)5-3-7-15-14/h2,4,6,9-10,15H,3,5,7-8H2,1H3. The summed E-state index contributed by atoms with van der Waals surface area (Å²) in [6, 6.07) is 6.56. The minimum absolute atomic E-state index is 0.985. The molecule has 0 spiro atoms. The van der Waals surface area contributed by atoms with Crippen molar-refractivity contribution in [3.8, 4) is 0 Å². The second kappa shape index (κ2) is 4.24. The van der Waals surface area contributed by atoms with Gasteiger partial charge in [0.2, 0.25) is 0 Å². The second-order valence-corrected chi connectivity index (χ2v) is 4.67. The highest BCUT2D eigenvalue weighted by atomic mass is 15.2. The smallest absolute Gasteiger partial charge is 0.0525 e. The zero-order valence-electron chi connectivity index (χ0n) is 10.1. The van der Waals surface area contributed by atoms with E-state index < -0.39 is 0 Å². The van der Waals surface area contributed by atoms with Gasteiger partial charge < -0.3 is 5.32 Å². The summed E-state index contributed by atoms with van der Waals surface area (Å²) in [6.45, 7) is 1.10. The zero-order chi connectivity index (χ0) is 11.7. The van der Waals surface area contributed by atoms with Gasteiger partial charge in [-0.15, -0.1) is 0 Å². The number of rotatable bonds is 2. The molecule has 3 rings (SSSR count). The van der Waals surface area contributed by atoms with Gasteiger partial charge in [-0.2, -0.15) is 5.10 Å². The van der Waals surface area contributed by atoms with E-state index in [4.69, 9.17) is 0 Å². The first kappa shape index (κ1) is 10.4. The topological polar surface area (TPSA) is 29.9 Å². The van der Waals surface area contributed by atoms with Crippen LogP contribution in [-0.4, -0.2) is 16.3 Å². The molecule has 0 saturated heterocycles. The van der Waals surface area contributed by atoms with Crippen LogP contribution in [-0.2, 0) is 19.9 Å². The minimum atomic E-state index is 0.985. The summed E-state index contributed by atoms with van der Waals surface area (Å²) in [4.78, 5) is 0. The fourth-order valence-electron chi connectivity index (χ4n) is 2.53. The quantitative estimate of drug-likeness (QED) is 0.853. The number of fused-ring (bicyclic) bond motifs is 1. The van der Waals surface area contributed by atoms with E-state index in [2.05, 4.69) is 34.8 Å². The maximum absolute atomic E-state index is 4.23. The van der Waals surface area contributed by atoms with Gasteiger partial charge in [-0.3, -0.25) is 4.68 Å². The Morgan fingerprint density at radius 3 is 3.18 bits per heavy atom. The predicted molar refractivity (Wildman–Crippen MR) is 69.3 cm³/mol. The molecule has 88 valence electrons. The Bertz CT molecular complexity index is 528. The normalized spacial score (nSPS) is 14.2. The lowest BCUT2D eigenvalue weighted by atomic mass is 9.94. The average molecular weight is 227 g/mol. The Balaban J connectivity index is 1.92. The van der Waals surface area contributed by atoms with Gasteiger partial charge in [0.1, 0.15) is 0 Å². The molecule has 1 aromatic heterocycles. The maximum atomic E-state index is 4.23. The van der Waals surface area contributed by atoms with Crippen LogP contribution in [0.1, 0.15) is 23.1 Å². The van der Waals surface area contributed by atoms with E-state index in [1.807, 2.05) is 17.9 Å². The highest BCUT2D eigenvalue weighted by Gasteiger charge is 2.12. The first-order valence-electron chi connectivity index (χ1n) is 6.15. The number of nitrogens with zero attached hydrogens (tertiary/aromatic N) is 2. The Morgan fingerprint density at radius 2 is 2.35 bits per heavy atom. The van der Waals surface area contributed by atoms with Crippen molar-refractivity contribution in [3.05, 3.63) is 47.3 Å². The predicted octanol–water partition coefficient (Wildman–Crippen LogP) is 2.37. The minimum Gasteiger partial charge on any atom is -0.385 e. The van der Waals surface area contributed by atoms with E-state index in [1.54, 1.807) is 0 Å². The van der Waals surface area contributed by atoms with Gasteiger partial charge in [-0.1, -0.05) is 12.1 Å². The van der Waals surface area contributed by atoms with Crippen LogP contribution in [0.25, 0.3) is 0 Å². The Kier molecular flexibility index (Phi) is 2.59. The Hall–Kier alpha value is -1.77. The molecule has 0 bridgehead atoms. The van der Waals surface area contributed by atoms with Crippen molar-refractivity contribution in [2.75, 3.05) is 11.9 Å². The van der Waals surface area contributed by atoms with Crippen molar-refractivity contribution in [2.45, 2.75) is 19.3 Å². The first-order valence-corrected chi connectivity index (χ1v) is 6.15. The number of hydrogen-bond donors (Lipinski definition) is 1. The van der Waals surface area contributed by atoms with Crippen molar-refractivity contribution in [3.63, 3.8) is 0 Å². The molecule has 1 aliphatic heterocycles. The maximum Gasteiger partial charge on any atom is 0.0525 e. The summed E-state index contributed by atoms with van der Waals surface area (Å²) >= 11 is 0. The summed E-state index contributed by atoms with van der Waals surface area (Å²) in [5, 5.41) is 7.70. The lowest BCUT2D eigenvalue weighted by Crippen LogP contribution is -2.13. The molecule has 0 radical (unpaired) electrons. The number of nitrogens with one attached hydrogen (secondary N) is 1. The van der Waals surface area contributed by atoms with E-state index in [0.717, 1.165) is 13.0 Å². The molecule has 0 saturated carbocycles. The van der Waals surface area contributed by atoms with Crippen LogP contribution in [0.4, 0.5) is 5.69 Å². The van der Waals surface area contributed by atoms with Crippen LogP contribution in [0.3, 0.4) is 0 Å². The van der Waals surface area contributed by atoms with E-state index in [1.165, 1.54) is 35.2 Å². The third-order valence-electron chi connectivity index (χ3n) is 3.34. The highest BCUT2D eigenvalue weighted by Crippen LogP contribution is 2.26. The van der Waals surface area contributed by atoms with Gasteiger partial charge in [0, 0.05) is 31.9 Å². The van der Waals surface area contributed by atoms with Crippen molar-refractivity contribution in [1.82, 2.24) is 9.78 Å². The first-order chi connectivity index (χ1) is 8.33. The van der Waals surface area contributed by atoms with E-state index in [-0.39, 0.29) is 0 Å². The number of aryl methyl sites for hydroxylation is 1. The summed E-state index contributed by atoms with van der Waals surface area (Å²) in [5.74, 6) is 0. The molecule has 2 heterocycles. The van der Waals surface area contributed by atoms with Crippen LogP contribution in [0, 0.1) is 0 Å². The van der Waals surface area contributed by atoms with Gasteiger partial charge in [0.25, 0.3) is 0 Å². The number of anilines is 1. The van der Waals surface area contributed by atoms with E-state index in [0.29, 0.717) is 0 Å². The van der Waals surface area contributed by atoms with Crippen molar-refractivity contribution in [1.29, 1.82) is 0 Å². The largest absolute Gasteiger partial charge is 0.385 e. The Labute approximate surface area is 101 Å². The fourth-order valence-corrected chi connectivity index (χ4v) is 2.53. The highest BCUT2D eigenvalue weighted by molar-refractivity contribution is 5.57. The number of hydrogen-bond acceptors (Lipinski definition) is 2. The molecule has 0 fully saturated rings. The molecular formula is C14H17N3. The van der Waals surface area contributed by atoms with Gasteiger partial charge >= 0.3 is 0 Å². The van der Waals surface area contributed by atoms with Gasteiger partial charge in [0.15, 0.2) is 0 Å². The fraction of sp³-hybridized carbons (Fsp3) is 0.357. The van der Waals surface area contributed by atoms with Crippen LogP contribution < -0.4 is 5.32 Å². The monoisotopic (exact) mass is 227 g/mol. The van der Waals surface area contributed by atoms with Gasteiger partial charge in [-0.05, 0) is 35.6 Å². The molecule has 0 unspecified atom stereocenters. The summed E-state index contributed by atoms with van der Waals surface area (Å²) in [5.41, 5.74) is 5.52. The lowest BCUT2D eigenvalue weighted by Gasteiger charge is -2.20. The summed E-state index contributed by atoms with van der Waals surface area (Å²) < 4.78 is 1.86. The SMILES string of the molecule is Cn1cc(Cc2cccc3c2CCCN3)cn1. The van der Waals surface area contributed by atoms with Crippen LogP contribution in [0.15, 0.2) is 30.6 Å². The average Bonchev–Trinajstić information content (AvgIpc) is 2.75. The second-order valence-electron chi connectivity index (χ2n) is 4.67. The lowest BCUT2D eigenvalue weighted by molar-refractivity contribution is 0.767.